The van der Waals surface area contributed by atoms with Crippen LogP contribution in [0.2, 0.25) is 0 Å². The smallest absolute Gasteiger partial charge is 0.311 e. The van der Waals surface area contributed by atoms with Crippen molar-refractivity contribution in [3.8, 4) is 5.75 Å². The van der Waals surface area contributed by atoms with E-state index in [1.54, 1.807) is 0 Å². The zero-order valence-corrected chi connectivity index (χ0v) is 12.2. The second-order valence-corrected chi connectivity index (χ2v) is 4.77. The number of carbonyl (C=O) groups excluding carboxylic acids is 1. The monoisotopic (exact) mass is 361 g/mol. The molecule has 5 nitrogen and oxygen atoms in total. The van der Waals surface area contributed by atoms with Gasteiger partial charge in [-0.05, 0) is 18.6 Å². The van der Waals surface area contributed by atoms with Crippen LogP contribution in [0.5, 0.6) is 5.75 Å². The van der Waals surface area contributed by atoms with E-state index in [4.69, 9.17) is 4.74 Å². The van der Waals surface area contributed by atoms with E-state index in [9.17, 15) is 36.9 Å². The zero-order valence-electron chi connectivity index (χ0n) is 12.2. The lowest BCUT2D eigenvalue weighted by molar-refractivity contribution is -0.384. The van der Waals surface area contributed by atoms with E-state index in [1.165, 1.54) is 0 Å². The lowest BCUT2D eigenvalue weighted by atomic mass is 10.1. The van der Waals surface area contributed by atoms with Gasteiger partial charge in [0.15, 0.2) is 23.3 Å². The van der Waals surface area contributed by atoms with Crippen molar-refractivity contribution in [2.45, 2.75) is 12.8 Å². The van der Waals surface area contributed by atoms with Gasteiger partial charge in [0.05, 0.1) is 11.3 Å². The van der Waals surface area contributed by atoms with Crippen molar-refractivity contribution in [2.24, 2.45) is 0 Å². The van der Waals surface area contributed by atoms with Crippen molar-refractivity contribution in [3.05, 3.63) is 69.0 Å². The molecule has 0 aliphatic heterocycles. The van der Waals surface area contributed by atoms with E-state index >= 15 is 0 Å². The normalized spacial score (nSPS) is 10.6. The lowest BCUT2D eigenvalue weighted by Crippen LogP contribution is -2.12. The van der Waals surface area contributed by atoms with Crippen LogP contribution in [-0.4, -0.2) is 10.9 Å². The molecule has 0 fully saturated rings. The highest BCUT2D eigenvalue weighted by Crippen LogP contribution is 2.24. The van der Waals surface area contributed by atoms with Gasteiger partial charge in [-0.3, -0.25) is 14.9 Å². The van der Waals surface area contributed by atoms with Crippen molar-refractivity contribution < 1.29 is 36.4 Å². The van der Waals surface area contributed by atoms with Crippen molar-refractivity contribution in [1.82, 2.24) is 0 Å². The number of nitro groups is 1. The van der Waals surface area contributed by atoms with E-state index in [-0.39, 0.29) is 11.4 Å². The maximum atomic E-state index is 13.5. The van der Waals surface area contributed by atoms with Gasteiger partial charge in [0.1, 0.15) is 5.75 Å². The molecule has 0 saturated heterocycles. The molecule has 132 valence electrons. The number of ether oxygens (including phenoxy) is 1. The first-order chi connectivity index (χ1) is 11.7. The van der Waals surface area contributed by atoms with Crippen molar-refractivity contribution in [3.63, 3.8) is 0 Å². The molecule has 0 N–H and O–H groups in total. The minimum atomic E-state index is -2.28. The number of hydrogen-bond donors (Lipinski definition) is 0. The summed E-state index contributed by atoms with van der Waals surface area (Å²) in [6, 6.07) is 4.36. The Bertz CT molecular complexity index is 810. The second-order valence-electron chi connectivity index (χ2n) is 4.77. The number of carbonyl (C=O) groups is 1. The number of esters is 1. The summed E-state index contributed by atoms with van der Waals surface area (Å²) in [7, 11) is 0. The quantitative estimate of drug-likeness (QED) is 0.154. The van der Waals surface area contributed by atoms with Crippen molar-refractivity contribution in [2.75, 3.05) is 0 Å². The fourth-order valence-electron chi connectivity index (χ4n) is 1.92. The molecule has 0 atom stereocenters. The van der Waals surface area contributed by atoms with Gasteiger partial charge in [0, 0.05) is 17.7 Å². The third-order valence-corrected chi connectivity index (χ3v) is 3.16. The van der Waals surface area contributed by atoms with Gasteiger partial charge in [-0.25, -0.2) is 22.0 Å². The molecule has 25 heavy (non-hydrogen) atoms. The molecule has 0 amide bonds. The van der Waals surface area contributed by atoms with E-state index in [0.717, 1.165) is 24.3 Å². The summed E-state index contributed by atoms with van der Waals surface area (Å²) < 4.78 is 70.7. The third kappa shape index (κ3) is 3.90. The average Bonchev–Trinajstić information content (AvgIpc) is 2.58. The molecule has 0 aliphatic rings. The number of hydrogen-bond acceptors (Lipinski definition) is 4. The van der Waals surface area contributed by atoms with Crippen LogP contribution >= 0.6 is 0 Å². The third-order valence-electron chi connectivity index (χ3n) is 3.16. The fraction of sp³-hybridized carbons (Fsp3) is 0.133. The summed E-state index contributed by atoms with van der Waals surface area (Å²) in [6.07, 6.45) is -1.45. The highest BCUT2D eigenvalue weighted by atomic mass is 19.2. The molecule has 0 bridgehead atoms. The summed E-state index contributed by atoms with van der Waals surface area (Å²) in [4.78, 5) is 21.4. The largest absolute Gasteiger partial charge is 0.427 e. The molecular weight excluding hydrogens is 353 g/mol. The number of nitrogens with zero attached hydrogens (tertiary/aromatic N) is 1. The molecule has 0 aromatic heterocycles. The molecule has 2 rings (SSSR count). The van der Waals surface area contributed by atoms with Gasteiger partial charge >= 0.3 is 5.97 Å². The van der Waals surface area contributed by atoms with Crippen LogP contribution in [-0.2, 0) is 11.2 Å². The Morgan fingerprint density at radius 2 is 1.40 bits per heavy atom. The minimum Gasteiger partial charge on any atom is -0.427 e. The maximum Gasteiger partial charge on any atom is 0.311 e. The predicted molar refractivity (Wildman–Crippen MR) is 73.3 cm³/mol. The molecule has 0 radical (unpaired) electrons. The molecule has 2 aromatic carbocycles. The standard InChI is InChI=1S/C15H8F5NO4/c16-11-9(12(17)14(19)15(20)13(11)18)5-6-10(22)25-8-3-1-7(2-4-8)21(23)24/h1-4H,5-6H2. The van der Waals surface area contributed by atoms with Gasteiger partial charge in [-0.15, -0.1) is 0 Å². The van der Waals surface area contributed by atoms with Gasteiger partial charge < -0.3 is 4.74 Å². The number of nitro benzene ring substituents is 1. The SMILES string of the molecule is O=C(CCc1c(F)c(F)c(F)c(F)c1F)Oc1ccc([N+](=O)[O-])cc1. The highest BCUT2D eigenvalue weighted by molar-refractivity contribution is 5.72. The molecule has 2 aromatic rings. The Morgan fingerprint density at radius 3 is 1.88 bits per heavy atom. The Balaban J connectivity index is 2.07. The summed E-state index contributed by atoms with van der Waals surface area (Å²) in [5, 5.41) is 10.5. The average molecular weight is 361 g/mol. The summed E-state index contributed by atoms with van der Waals surface area (Å²) in [6.45, 7) is 0. The van der Waals surface area contributed by atoms with Crippen LogP contribution in [0.4, 0.5) is 27.6 Å². The van der Waals surface area contributed by atoms with E-state index in [2.05, 4.69) is 0 Å². The first-order valence-corrected chi connectivity index (χ1v) is 6.67. The summed E-state index contributed by atoms with van der Waals surface area (Å²) in [5.41, 5.74) is -1.38. The molecule has 0 unspecified atom stereocenters. The number of benzene rings is 2. The number of non-ortho nitro benzene ring substituents is 1. The molecule has 0 aliphatic carbocycles. The maximum absolute atomic E-state index is 13.5. The van der Waals surface area contributed by atoms with Crippen LogP contribution < -0.4 is 4.74 Å². The van der Waals surface area contributed by atoms with Gasteiger partial charge in [-0.1, -0.05) is 0 Å². The predicted octanol–water partition coefficient (Wildman–Crippen LogP) is 3.83. The topological polar surface area (TPSA) is 69.4 Å². The molecule has 0 heterocycles. The van der Waals surface area contributed by atoms with E-state index in [0.29, 0.717) is 0 Å². The molecule has 0 spiro atoms. The molecule has 0 saturated carbocycles. The number of rotatable bonds is 5. The van der Waals surface area contributed by atoms with Gasteiger partial charge in [0.2, 0.25) is 5.82 Å². The Morgan fingerprint density at radius 1 is 0.920 bits per heavy atom. The van der Waals surface area contributed by atoms with Gasteiger partial charge in [0.25, 0.3) is 5.69 Å². The van der Waals surface area contributed by atoms with Gasteiger partial charge in [-0.2, -0.15) is 0 Å². The Hall–Kier alpha value is -3.04. The van der Waals surface area contributed by atoms with Crippen LogP contribution in [0.25, 0.3) is 0 Å². The van der Waals surface area contributed by atoms with Crippen molar-refractivity contribution >= 4 is 11.7 Å². The summed E-state index contributed by atoms with van der Waals surface area (Å²) in [5.74, 6) is -11.6. The van der Waals surface area contributed by atoms with Crippen LogP contribution in [0.3, 0.4) is 0 Å². The number of halogens is 5. The fourth-order valence-corrected chi connectivity index (χ4v) is 1.92. The molecule has 10 heteroatoms. The van der Waals surface area contributed by atoms with Crippen LogP contribution in [0, 0.1) is 39.2 Å². The van der Waals surface area contributed by atoms with Crippen LogP contribution in [0.1, 0.15) is 12.0 Å². The van der Waals surface area contributed by atoms with E-state index in [1.807, 2.05) is 0 Å². The van der Waals surface area contributed by atoms with Crippen LogP contribution in [0.15, 0.2) is 24.3 Å². The minimum absolute atomic E-state index is 0.0759. The first-order valence-electron chi connectivity index (χ1n) is 6.67. The highest BCUT2D eigenvalue weighted by Gasteiger charge is 2.26. The second kappa shape index (κ2) is 7.24. The molecular formula is C15H8F5NO4. The Labute approximate surface area is 136 Å². The Kier molecular flexibility index (Phi) is 5.30. The zero-order chi connectivity index (χ0) is 18.7. The summed E-state index contributed by atoms with van der Waals surface area (Å²) >= 11 is 0. The van der Waals surface area contributed by atoms with Crippen molar-refractivity contribution in [1.29, 1.82) is 0 Å². The first kappa shape index (κ1) is 18.3. The van der Waals surface area contributed by atoms with E-state index < -0.39 is 58.4 Å². The lowest BCUT2D eigenvalue weighted by Gasteiger charge is -2.08.